The molecule has 2 N–H and O–H groups in total. The molecular weight excluding hydrogens is 334 g/mol. The van der Waals surface area contributed by atoms with Crippen LogP contribution in [0.15, 0.2) is 22.7 Å². The molecule has 0 amide bonds. The highest BCUT2D eigenvalue weighted by molar-refractivity contribution is 9.10. The summed E-state index contributed by atoms with van der Waals surface area (Å²) in [7, 11) is 1.67. The summed E-state index contributed by atoms with van der Waals surface area (Å²) < 4.78 is 17.9. The number of rotatable bonds is 6. The molecule has 2 rings (SSSR count). The molecule has 0 bridgehead atoms. The van der Waals surface area contributed by atoms with E-state index < -0.39 is 0 Å². The molecule has 5 heteroatoms. The van der Waals surface area contributed by atoms with Crippen LogP contribution in [0.25, 0.3) is 0 Å². The normalized spacial score (nSPS) is 19.2. The molecule has 1 aromatic carbocycles. The van der Waals surface area contributed by atoms with Crippen molar-refractivity contribution in [2.24, 2.45) is 5.73 Å². The van der Waals surface area contributed by atoms with E-state index in [9.17, 15) is 0 Å². The average molecular weight is 358 g/mol. The van der Waals surface area contributed by atoms with E-state index in [0.29, 0.717) is 19.8 Å². The van der Waals surface area contributed by atoms with Gasteiger partial charge in [0.2, 0.25) is 0 Å². The van der Waals surface area contributed by atoms with E-state index in [0.717, 1.165) is 35.0 Å². The lowest BCUT2D eigenvalue weighted by Crippen LogP contribution is -2.54. The first-order valence-corrected chi connectivity index (χ1v) is 8.20. The number of benzene rings is 1. The van der Waals surface area contributed by atoms with Gasteiger partial charge in [-0.3, -0.25) is 0 Å². The number of methoxy groups -OCH3 is 1. The highest BCUT2D eigenvalue weighted by Gasteiger charge is 2.39. The lowest BCUT2D eigenvalue weighted by atomic mass is 9.83. The molecule has 0 aromatic heterocycles. The van der Waals surface area contributed by atoms with E-state index in [4.69, 9.17) is 19.9 Å². The van der Waals surface area contributed by atoms with E-state index in [2.05, 4.69) is 15.9 Å². The van der Waals surface area contributed by atoms with Gasteiger partial charge in [-0.05, 0) is 37.1 Å². The molecule has 1 aliphatic heterocycles. The monoisotopic (exact) mass is 357 g/mol. The zero-order valence-electron chi connectivity index (χ0n) is 12.7. The molecule has 1 saturated heterocycles. The lowest BCUT2D eigenvalue weighted by Gasteiger charge is -2.41. The molecule has 0 radical (unpaired) electrons. The van der Waals surface area contributed by atoms with E-state index in [1.54, 1.807) is 7.11 Å². The van der Waals surface area contributed by atoms with Crippen molar-refractivity contribution >= 4 is 15.9 Å². The van der Waals surface area contributed by atoms with Crippen molar-refractivity contribution in [3.8, 4) is 5.75 Å². The molecule has 21 heavy (non-hydrogen) atoms. The Morgan fingerprint density at radius 3 is 2.71 bits per heavy atom. The summed E-state index contributed by atoms with van der Waals surface area (Å²) in [6, 6.07) is 5.90. The van der Waals surface area contributed by atoms with Gasteiger partial charge in [0, 0.05) is 43.2 Å². The van der Waals surface area contributed by atoms with Gasteiger partial charge in [-0.15, -0.1) is 0 Å². The van der Waals surface area contributed by atoms with Crippen LogP contribution in [0.4, 0.5) is 0 Å². The first kappa shape index (κ1) is 16.7. The second-order valence-electron chi connectivity index (χ2n) is 5.38. The maximum Gasteiger partial charge on any atom is 0.119 e. The first-order chi connectivity index (χ1) is 10.1. The molecule has 1 aliphatic rings. The predicted octanol–water partition coefficient (Wildman–Crippen LogP) is 2.91. The molecule has 0 spiro atoms. The van der Waals surface area contributed by atoms with Gasteiger partial charge in [-0.2, -0.15) is 0 Å². The average Bonchev–Trinajstić information content (AvgIpc) is 2.50. The van der Waals surface area contributed by atoms with Gasteiger partial charge in [0.25, 0.3) is 0 Å². The largest absolute Gasteiger partial charge is 0.497 e. The van der Waals surface area contributed by atoms with Crippen LogP contribution in [0, 0.1) is 0 Å². The fourth-order valence-corrected chi connectivity index (χ4v) is 3.29. The number of hydrogen-bond acceptors (Lipinski definition) is 4. The van der Waals surface area contributed by atoms with E-state index >= 15 is 0 Å². The minimum absolute atomic E-state index is 0.0650. The Bertz CT molecular complexity index is 455. The summed E-state index contributed by atoms with van der Waals surface area (Å²) in [5.74, 6) is 0.845. The van der Waals surface area contributed by atoms with Crippen molar-refractivity contribution in [3.63, 3.8) is 0 Å². The Hall–Kier alpha value is -0.620. The smallest absolute Gasteiger partial charge is 0.119 e. The third kappa shape index (κ3) is 3.97. The number of hydrogen-bond donors (Lipinski definition) is 1. The third-order valence-corrected chi connectivity index (χ3v) is 4.91. The molecule has 1 atom stereocenters. The molecule has 118 valence electrons. The molecule has 4 nitrogen and oxygen atoms in total. The van der Waals surface area contributed by atoms with Crippen LogP contribution in [0.5, 0.6) is 5.75 Å². The summed E-state index contributed by atoms with van der Waals surface area (Å²) in [6.07, 6.45) is 2.45. The first-order valence-electron chi connectivity index (χ1n) is 7.41. The van der Waals surface area contributed by atoms with Crippen LogP contribution in [0.1, 0.15) is 25.3 Å². The van der Waals surface area contributed by atoms with Gasteiger partial charge in [0.05, 0.1) is 12.7 Å². The van der Waals surface area contributed by atoms with Crippen molar-refractivity contribution < 1.29 is 14.2 Å². The fraction of sp³-hybridized carbons (Fsp3) is 0.625. The van der Waals surface area contributed by atoms with E-state index in [1.807, 2.05) is 25.1 Å². The van der Waals surface area contributed by atoms with E-state index in [-0.39, 0.29) is 11.6 Å². The maximum absolute atomic E-state index is 6.52. The second-order valence-corrected chi connectivity index (χ2v) is 6.23. The molecule has 1 fully saturated rings. The van der Waals surface area contributed by atoms with Crippen LogP contribution in [0.2, 0.25) is 0 Å². The van der Waals surface area contributed by atoms with Crippen molar-refractivity contribution in [2.45, 2.75) is 37.8 Å². The Morgan fingerprint density at radius 1 is 1.38 bits per heavy atom. The van der Waals surface area contributed by atoms with Crippen LogP contribution >= 0.6 is 15.9 Å². The number of nitrogens with two attached hydrogens (primary N) is 1. The molecule has 1 unspecified atom stereocenters. The summed E-state index contributed by atoms with van der Waals surface area (Å²) in [5, 5.41) is 0. The minimum Gasteiger partial charge on any atom is -0.497 e. The summed E-state index contributed by atoms with van der Waals surface area (Å²) in [5.41, 5.74) is 7.38. The summed E-state index contributed by atoms with van der Waals surface area (Å²) >= 11 is 3.59. The Labute approximate surface area is 135 Å². The van der Waals surface area contributed by atoms with Crippen molar-refractivity contribution in [1.82, 2.24) is 0 Å². The highest BCUT2D eigenvalue weighted by atomic mass is 79.9. The van der Waals surface area contributed by atoms with Crippen LogP contribution in [-0.2, 0) is 15.9 Å². The maximum atomic E-state index is 6.52. The van der Waals surface area contributed by atoms with Crippen molar-refractivity contribution in [3.05, 3.63) is 28.2 Å². The van der Waals surface area contributed by atoms with Gasteiger partial charge >= 0.3 is 0 Å². The fourth-order valence-electron chi connectivity index (χ4n) is 2.88. The zero-order chi connectivity index (χ0) is 15.3. The predicted molar refractivity (Wildman–Crippen MR) is 86.8 cm³/mol. The lowest BCUT2D eigenvalue weighted by molar-refractivity contribution is -0.120. The molecule has 0 aliphatic carbocycles. The van der Waals surface area contributed by atoms with Crippen LogP contribution in [0.3, 0.4) is 0 Å². The number of halogens is 1. The SMILES string of the molecule is CCOC1(C(N)Cc2cc(OC)ccc2Br)CCOCC1. The second kappa shape index (κ2) is 7.58. The highest BCUT2D eigenvalue weighted by Crippen LogP contribution is 2.32. The van der Waals surface area contributed by atoms with Gasteiger partial charge in [0.15, 0.2) is 0 Å². The topological polar surface area (TPSA) is 53.7 Å². The zero-order valence-corrected chi connectivity index (χ0v) is 14.3. The quantitative estimate of drug-likeness (QED) is 0.850. The van der Waals surface area contributed by atoms with Gasteiger partial charge < -0.3 is 19.9 Å². The van der Waals surface area contributed by atoms with Crippen molar-refractivity contribution in [1.29, 1.82) is 0 Å². The van der Waals surface area contributed by atoms with Crippen LogP contribution in [-0.4, -0.2) is 38.6 Å². The number of ether oxygens (including phenoxy) is 3. The summed E-state index contributed by atoms with van der Waals surface area (Å²) in [4.78, 5) is 0. The molecule has 0 saturated carbocycles. The van der Waals surface area contributed by atoms with Gasteiger partial charge in [-0.25, -0.2) is 0 Å². The summed E-state index contributed by atoms with van der Waals surface area (Å²) in [6.45, 7) is 4.12. The Balaban J connectivity index is 2.16. The standard InChI is InChI=1S/C16H24BrNO3/c1-3-21-16(6-8-20-9-7-16)15(18)11-12-10-13(19-2)4-5-14(12)17/h4-5,10,15H,3,6-9,11,18H2,1-2H3. The van der Waals surface area contributed by atoms with Crippen LogP contribution < -0.4 is 10.5 Å². The van der Waals surface area contributed by atoms with E-state index in [1.165, 1.54) is 0 Å². The Morgan fingerprint density at radius 2 is 2.10 bits per heavy atom. The molecular formula is C16H24BrNO3. The van der Waals surface area contributed by atoms with Gasteiger partial charge in [-0.1, -0.05) is 15.9 Å². The Kier molecular flexibility index (Phi) is 6.05. The van der Waals surface area contributed by atoms with Crippen molar-refractivity contribution in [2.75, 3.05) is 26.9 Å². The van der Waals surface area contributed by atoms with Gasteiger partial charge in [0.1, 0.15) is 5.75 Å². The third-order valence-electron chi connectivity index (χ3n) is 4.14. The molecule has 1 heterocycles. The minimum atomic E-state index is -0.282. The molecule has 1 aromatic rings.